The number of hydrogen-bond acceptors (Lipinski definition) is 3. The van der Waals surface area contributed by atoms with E-state index in [4.69, 9.17) is 0 Å². The molecule has 0 saturated carbocycles. The number of likely N-dealkylation sites (N-methyl/N-ethyl adjacent to an activating group) is 1. The summed E-state index contributed by atoms with van der Waals surface area (Å²) in [6.07, 6.45) is 1.48. The van der Waals surface area contributed by atoms with Crippen molar-refractivity contribution in [3.63, 3.8) is 0 Å². The number of hydroxylamine groups is 3. The molecule has 0 aromatic heterocycles. The van der Waals surface area contributed by atoms with E-state index in [2.05, 4.69) is 4.74 Å². The number of carbonyl (C=O) groups is 1. The van der Waals surface area contributed by atoms with Crippen LogP contribution in [0.5, 0.6) is 0 Å². The lowest BCUT2D eigenvalue weighted by Gasteiger charge is -2.38. The Kier molecular flexibility index (Phi) is 2.15. The van der Waals surface area contributed by atoms with Gasteiger partial charge in [0.2, 0.25) is 0 Å². The van der Waals surface area contributed by atoms with Gasteiger partial charge in [-0.15, -0.1) is 0 Å². The lowest BCUT2D eigenvalue weighted by molar-refractivity contribution is -0.864. The average Bonchev–Trinajstić information content (AvgIpc) is 2.28. The monoisotopic (exact) mass is 159 g/mol. The van der Waals surface area contributed by atoms with Crippen molar-refractivity contribution in [2.75, 3.05) is 20.7 Å². The lowest BCUT2D eigenvalue weighted by Crippen LogP contribution is -2.47. The summed E-state index contributed by atoms with van der Waals surface area (Å²) in [7, 11) is 2.84. The minimum absolute atomic E-state index is 0.375. The second-order valence-electron chi connectivity index (χ2n) is 3.08. The molecule has 11 heavy (non-hydrogen) atoms. The highest BCUT2D eigenvalue weighted by atomic mass is 16.6. The highest BCUT2D eigenvalue weighted by molar-refractivity contribution is 5.74. The van der Waals surface area contributed by atoms with Gasteiger partial charge < -0.3 is 14.6 Å². The molecular weight excluding hydrogens is 146 g/mol. The third kappa shape index (κ3) is 1.52. The number of esters is 1. The molecule has 0 radical (unpaired) electrons. The van der Waals surface area contributed by atoms with Gasteiger partial charge in [-0.3, -0.25) is 0 Å². The van der Waals surface area contributed by atoms with E-state index in [0.29, 0.717) is 13.0 Å². The van der Waals surface area contributed by atoms with Crippen LogP contribution < -0.4 is 0 Å². The number of ether oxygens (including phenoxy) is 1. The Balaban J connectivity index is 2.64. The molecule has 0 spiro atoms. The van der Waals surface area contributed by atoms with Crippen LogP contribution in [-0.4, -0.2) is 37.4 Å². The zero-order chi connectivity index (χ0) is 8.48. The highest BCUT2D eigenvalue weighted by Gasteiger charge is 2.37. The summed E-state index contributed by atoms with van der Waals surface area (Å²) < 4.78 is 4.05. The standard InChI is InChI=1S/C7H13NO3/c1-8(10)5-3-4-6(8)7(9)11-2/h6H,3-5H2,1-2H3. The van der Waals surface area contributed by atoms with Crippen molar-refractivity contribution in [3.8, 4) is 0 Å². The molecule has 4 heteroatoms. The zero-order valence-corrected chi connectivity index (χ0v) is 6.87. The fraction of sp³-hybridized carbons (Fsp3) is 0.857. The van der Waals surface area contributed by atoms with Crippen molar-refractivity contribution in [2.24, 2.45) is 0 Å². The fourth-order valence-electron chi connectivity index (χ4n) is 1.50. The van der Waals surface area contributed by atoms with Crippen LogP contribution in [0, 0.1) is 5.21 Å². The van der Waals surface area contributed by atoms with E-state index in [1.54, 1.807) is 0 Å². The third-order valence-corrected chi connectivity index (χ3v) is 2.21. The molecule has 2 unspecified atom stereocenters. The van der Waals surface area contributed by atoms with E-state index in [1.807, 2.05) is 0 Å². The summed E-state index contributed by atoms with van der Waals surface area (Å²) in [6, 6.07) is -0.486. The van der Waals surface area contributed by atoms with Gasteiger partial charge in [-0.1, -0.05) is 0 Å². The molecular formula is C7H13NO3. The van der Waals surface area contributed by atoms with Crippen LogP contribution in [0.1, 0.15) is 12.8 Å². The van der Waals surface area contributed by atoms with Crippen molar-refractivity contribution in [3.05, 3.63) is 5.21 Å². The molecule has 1 rings (SSSR count). The summed E-state index contributed by atoms with van der Waals surface area (Å²) >= 11 is 0. The van der Waals surface area contributed by atoms with Crippen LogP contribution in [0.4, 0.5) is 0 Å². The van der Waals surface area contributed by atoms with Gasteiger partial charge in [0, 0.05) is 12.8 Å². The van der Waals surface area contributed by atoms with Crippen LogP contribution in [0.3, 0.4) is 0 Å². The molecule has 64 valence electrons. The number of rotatable bonds is 1. The topological polar surface area (TPSA) is 49.4 Å². The van der Waals surface area contributed by atoms with Crippen LogP contribution >= 0.6 is 0 Å². The number of nitrogens with zero attached hydrogens (tertiary/aromatic N) is 1. The van der Waals surface area contributed by atoms with Gasteiger partial charge in [0.25, 0.3) is 0 Å². The molecule has 2 atom stereocenters. The third-order valence-electron chi connectivity index (χ3n) is 2.21. The molecule has 0 aromatic carbocycles. The number of hydrogen-bond donors (Lipinski definition) is 0. The quantitative estimate of drug-likeness (QED) is 0.313. The molecule has 0 amide bonds. The van der Waals surface area contributed by atoms with E-state index < -0.39 is 10.7 Å². The van der Waals surface area contributed by atoms with Crippen molar-refractivity contribution >= 4 is 5.97 Å². The number of methoxy groups -OCH3 is 1. The SMILES string of the molecule is COC(=O)C1CCC[N+]1(C)[O-]. The molecule has 0 N–H and O–H groups in total. The Labute approximate surface area is 65.9 Å². The number of likely N-dealkylation sites (tertiary alicyclic amines) is 1. The van der Waals surface area contributed by atoms with Gasteiger partial charge in [0.1, 0.15) is 0 Å². The first-order chi connectivity index (χ1) is 5.08. The van der Waals surface area contributed by atoms with Crippen LogP contribution in [0.15, 0.2) is 0 Å². The predicted molar refractivity (Wildman–Crippen MR) is 39.5 cm³/mol. The Morgan fingerprint density at radius 2 is 2.36 bits per heavy atom. The fourth-order valence-corrected chi connectivity index (χ4v) is 1.50. The average molecular weight is 159 g/mol. The minimum atomic E-state index is -0.486. The van der Waals surface area contributed by atoms with Crippen LogP contribution in [0.25, 0.3) is 0 Å². The molecule has 1 heterocycles. The molecule has 0 aliphatic carbocycles. The van der Waals surface area contributed by atoms with Gasteiger partial charge >= 0.3 is 5.97 Å². The van der Waals surface area contributed by atoms with Crippen molar-refractivity contribution in [1.29, 1.82) is 0 Å². The molecule has 1 saturated heterocycles. The summed E-state index contributed by atoms with van der Waals surface area (Å²) in [5.74, 6) is -0.375. The smallest absolute Gasteiger partial charge is 0.364 e. The molecule has 1 aliphatic heterocycles. The molecule has 0 aromatic rings. The van der Waals surface area contributed by atoms with Crippen LogP contribution in [-0.2, 0) is 9.53 Å². The van der Waals surface area contributed by atoms with Crippen molar-refractivity contribution < 1.29 is 14.2 Å². The van der Waals surface area contributed by atoms with E-state index in [0.717, 1.165) is 6.42 Å². The van der Waals surface area contributed by atoms with Gasteiger partial charge in [-0.2, -0.15) is 0 Å². The van der Waals surface area contributed by atoms with Gasteiger partial charge in [0.15, 0.2) is 6.04 Å². The molecule has 0 bridgehead atoms. The summed E-state index contributed by atoms with van der Waals surface area (Å²) in [4.78, 5) is 11.0. The summed E-state index contributed by atoms with van der Waals surface area (Å²) in [5, 5.41) is 11.5. The zero-order valence-electron chi connectivity index (χ0n) is 6.87. The van der Waals surface area contributed by atoms with E-state index in [-0.39, 0.29) is 5.97 Å². The van der Waals surface area contributed by atoms with E-state index in [1.165, 1.54) is 14.2 Å². The normalized spacial score (nSPS) is 37.2. The highest BCUT2D eigenvalue weighted by Crippen LogP contribution is 2.23. The largest absolute Gasteiger partial charge is 0.632 e. The van der Waals surface area contributed by atoms with Crippen molar-refractivity contribution in [1.82, 2.24) is 0 Å². The summed E-state index contributed by atoms with van der Waals surface area (Å²) in [5.41, 5.74) is 0. The minimum Gasteiger partial charge on any atom is -0.632 e. The van der Waals surface area contributed by atoms with Gasteiger partial charge in [0.05, 0.1) is 20.7 Å². The van der Waals surface area contributed by atoms with E-state index >= 15 is 0 Å². The Morgan fingerprint density at radius 3 is 2.73 bits per heavy atom. The second kappa shape index (κ2) is 2.79. The first-order valence-electron chi connectivity index (χ1n) is 3.72. The second-order valence-corrected chi connectivity index (χ2v) is 3.08. The molecule has 1 fully saturated rings. The summed E-state index contributed by atoms with van der Waals surface area (Å²) in [6.45, 7) is 0.528. The first kappa shape index (κ1) is 8.49. The number of quaternary nitrogens is 1. The Morgan fingerprint density at radius 1 is 1.73 bits per heavy atom. The van der Waals surface area contributed by atoms with Gasteiger partial charge in [-0.05, 0) is 0 Å². The first-order valence-corrected chi connectivity index (χ1v) is 3.72. The molecule has 4 nitrogen and oxygen atoms in total. The number of carbonyl (C=O) groups excluding carboxylic acids is 1. The van der Waals surface area contributed by atoms with Gasteiger partial charge in [-0.25, -0.2) is 4.79 Å². The maximum absolute atomic E-state index is 11.5. The Bertz CT molecular complexity index is 167. The predicted octanol–water partition coefficient (Wildman–Crippen LogP) is 0.266. The molecule has 1 aliphatic rings. The maximum Gasteiger partial charge on any atom is 0.364 e. The lowest BCUT2D eigenvalue weighted by atomic mass is 10.2. The van der Waals surface area contributed by atoms with Crippen molar-refractivity contribution in [2.45, 2.75) is 18.9 Å². The maximum atomic E-state index is 11.5. The van der Waals surface area contributed by atoms with E-state index in [9.17, 15) is 10.0 Å². The van der Waals surface area contributed by atoms with Crippen LogP contribution in [0.2, 0.25) is 0 Å². The Hall–Kier alpha value is -0.610.